The molecule has 2 aromatic carbocycles. The third-order valence-corrected chi connectivity index (χ3v) is 9.43. The van der Waals surface area contributed by atoms with Crippen LogP contribution in [0.2, 0.25) is 0 Å². The Balaban J connectivity index is 0.000000154. The number of benzene rings is 2. The number of hydrogen-bond acceptors (Lipinski definition) is 11. The molecule has 48 heavy (non-hydrogen) atoms. The van der Waals surface area contributed by atoms with Crippen LogP contribution in [0.15, 0.2) is 72.8 Å². The van der Waals surface area contributed by atoms with Gasteiger partial charge in [-0.15, -0.1) is 0 Å². The number of fused-ring (bicyclic) bond motifs is 2. The highest BCUT2D eigenvalue weighted by Gasteiger charge is 2.31. The van der Waals surface area contributed by atoms with E-state index in [1.165, 1.54) is 29.8 Å². The Morgan fingerprint density at radius 1 is 0.708 bits per heavy atom. The summed E-state index contributed by atoms with van der Waals surface area (Å²) in [4.78, 5) is 59.9. The first-order chi connectivity index (χ1) is 23.3. The predicted octanol–water partition coefficient (Wildman–Crippen LogP) is 6.29. The lowest BCUT2D eigenvalue weighted by molar-refractivity contribution is -0.118. The topological polar surface area (TPSA) is 174 Å². The number of nitrogens with one attached hydrogen (secondary N) is 3. The quantitative estimate of drug-likeness (QED) is 0.107. The number of hydroxylamine groups is 1. The molecule has 8 rings (SSSR count). The van der Waals surface area contributed by atoms with Crippen molar-refractivity contribution in [2.24, 2.45) is 11.8 Å². The zero-order valence-electron chi connectivity index (χ0n) is 25.7. The minimum absolute atomic E-state index is 0.0288. The normalized spacial score (nSPS) is 13.9. The van der Waals surface area contributed by atoms with Gasteiger partial charge in [-0.2, -0.15) is 0 Å². The van der Waals surface area contributed by atoms with Crippen molar-refractivity contribution in [2.75, 3.05) is 23.5 Å². The molecule has 4 heterocycles. The Bertz CT molecular complexity index is 2170. The standard InChI is InChI=1S/C18H16N4O3S.C16H14N4OS/c1-25-22-16(24)12-4-2-3-11(9-12)13-7-8-14-17(19-13)26-18(20-14)21-15(23)10-5-6-10;17-11-3-1-2-10(8-11)12-6-7-13-15(18-12)22-16(19-13)20-14(21)9-4-5-9/h2-4,7-10H,5-6H2,1H3,(H,22,24)(H,20,21,23);1-3,6-9H,4-5,17H2,(H,19,20,21). The molecule has 12 nitrogen and oxygen atoms in total. The molecule has 4 aromatic heterocycles. The van der Waals surface area contributed by atoms with Crippen LogP contribution in [-0.4, -0.2) is 44.8 Å². The fourth-order valence-corrected chi connectivity index (χ4v) is 6.52. The molecule has 0 radical (unpaired) electrons. The molecule has 242 valence electrons. The first-order valence-corrected chi connectivity index (χ1v) is 16.9. The molecule has 0 unspecified atom stereocenters. The maximum absolute atomic E-state index is 11.9. The first-order valence-electron chi connectivity index (χ1n) is 15.3. The van der Waals surface area contributed by atoms with Gasteiger partial charge in [-0.3, -0.25) is 19.2 Å². The number of hydrogen-bond donors (Lipinski definition) is 4. The van der Waals surface area contributed by atoms with Gasteiger partial charge in [0.15, 0.2) is 10.3 Å². The number of aromatic nitrogens is 4. The zero-order chi connectivity index (χ0) is 33.2. The van der Waals surface area contributed by atoms with E-state index in [1.54, 1.807) is 18.2 Å². The van der Waals surface area contributed by atoms with Crippen LogP contribution in [0.1, 0.15) is 36.0 Å². The lowest BCUT2D eigenvalue weighted by Gasteiger charge is -2.05. The van der Waals surface area contributed by atoms with Crippen molar-refractivity contribution in [3.05, 3.63) is 78.4 Å². The van der Waals surface area contributed by atoms with Crippen LogP contribution >= 0.6 is 22.7 Å². The molecule has 0 aliphatic heterocycles. The first kappa shape index (κ1) is 31.3. The Labute approximate surface area is 282 Å². The van der Waals surface area contributed by atoms with Gasteiger partial charge in [-0.25, -0.2) is 25.4 Å². The van der Waals surface area contributed by atoms with Crippen LogP contribution in [0.5, 0.6) is 0 Å². The smallest absolute Gasteiger partial charge is 0.274 e. The number of rotatable bonds is 8. The minimum Gasteiger partial charge on any atom is -0.399 e. The van der Waals surface area contributed by atoms with E-state index in [9.17, 15) is 14.4 Å². The molecule has 0 bridgehead atoms. The maximum atomic E-state index is 11.9. The van der Waals surface area contributed by atoms with Gasteiger partial charge in [0.25, 0.3) is 5.91 Å². The third-order valence-electron chi connectivity index (χ3n) is 7.67. The zero-order valence-corrected chi connectivity index (χ0v) is 27.4. The summed E-state index contributed by atoms with van der Waals surface area (Å²) in [5.74, 6) is 0.0730. The molecule has 6 aromatic rings. The second kappa shape index (κ2) is 13.4. The number of carbonyl (C=O) groups excluding carboxylic acids is 3. The van der Waals surface area contributed by atoms with Gasteiger partial charge < -0.3 is 16.4 Å². The average molecular weight is 679 g/mol. The van der Waals surface area contributed by atoms with Gasteiger partial charge >= 0.3 is 0 Å². The molecular weight excluding hydrogens is 649 g/mol. The fraction of sp³-hybridized carbons (Fsp3) is 0.206. The summed E-state index contributed by atoms with van der Waals surface area (Å²) >= 11 is 2.74. The highest BCUT2D eigenvalue weighted by molar-refractivity contribution is 7.22. The summed E-state index contributed by atoms with van der Waals surface area (Å²) in [7, 11) is 1.39. The van der Waals surface area contributed by atoms with Gasteiger partial charge in [0.1, 0.15) is 20.7 Å². The number of nitrogen functional groups attached to an aromatic ring is 1. The second-order valence-electron chi connectivity index (χ2n) is 11.4. The van der Waals surface area contributed by atoms with Gasteiger partial charge in [0.05, 0.1) is 18.5 Å². The molecule has 2 aliphatic rings. The van der Waals surface area contributed by atoms with Gasteiger partial charge in [0, 0.05) is 34.2 Å². The lowest BCUT2D eigenvalue weighted by Crippen LogP contribution is -2.21. The van der Waals surface area contributed by atoms with Gasteiger partial charge in [-0.05, 0) is 74.2 Å². The number of anilines is 3. The van der Waals surface area contributed by atoms with E-state index < -0.39 is 0 Å². The van der Waals surface area contributed by atoms with E-state index in [0.29, 0.717) is 21.5 Å². The van der Waals surface area contributed by atoms with E-state index in [1.807, 2.05) is 54.6 Å². The minimum atomic E-state index is -0.321. The Kier molecular flexibility index (Phi) is 8.76. The Morgan fingerprint density at radius 3 is 1.73 bits per heavy atom. The molecule has 3 amide bonds. The Hall–Kier alpha value is -5.31. The largest absolute Gasteiger partial charge is 0.399 e. The summed E-state index contributed by atoms with van der Waals surface area (Å²) in [6.45, 7) is 0. The summed E-state index contributed by atoms with van der Waals surface area (Å²) in [5.41, 5.74) is 14.2. The van der Waals surface area contributed by atoms with E-state index in [0.717, 1.165) is 68.9 Å². The van der Waals surface area contributed by atoms with Crippen LogP contribution in [0.4, 0.5) is 16.0 Å². The van der Waals surface area contributed by atoms with Crippen molar-refractivity contribution in [2.45, 2.75) is 25.7 Å². The van der Waals surface area contributed by atoms with E-state index in [-0.39, 0.29) is 29.6 Å². The highest BCUT2D eigenvalue weighted by Crippen LogP contribution is 2.34. The van der Waals surface area contributed by atoms with E-state index in [4.69, 9.17) is 5.73 Å². The molecule has 5 N–H and O–H groups in total. The van der Waals surface area contributed by atoms with E-state index in [2.05, 4.69) is 40.9 Å². The Morgan fingerprint density at radius 2 is 1.23 bits per heavy atom. The molecule has 2 fully saturated rings. The van der Waals surface area contributed by atoms with Crippen molar-refractivity contribution < 1.29 is 19.2 Å². The van der Waals surface area contributed by atoms with Gasteiger partial charge in [0.2, 0.25) is 11.8 Å². The second-order valence-corrected chi connectivity index (χ2v) is 13.4. The van der Waals surface area contributed by atoms with Crippen LogP contribution in [0.25, 0.3) is 43.2 Å². The number of pyridine rings is 2. The SMILES string of the molecule is CONC(=O)c1cccc(-c2ccc3nc(NC(=O)C4CC4)sc3n2)c1.Nc1cccc(-c2ccc3nc(NC(=O)C4CC4)sc3n2)c1. The van der Waals surface area contributed by atoms with Crippen molar-refractivity contribution in [3.63, 3.8) is 0 Å². The summed E-state index contributed by atoms with van der Waals surface area (Å²) < 4.78 is 0. The fourth-order valence-electron chi connectivity index (χ4n) is 4.84. The van der Waals surface area contributed by atoms with Crippen molar-refractivity contribution >= 4 is 77.0 Å². The van der Waals surface area contributed by atoms with Crippen LogP contribution in [-0.2, 0) is 14.4 Å². The third kappa shape index (κ3) is 7.30. The predicted molar refractivity (Wildman–Crippen MR) is 187 cm³/mol. The number of carbonyl (C=O) groups is 3. The average Bonchev–Trinajstić information content (AvgIpc) is 4.03. The molecule has 14 heteroatoms. The monoisotopic (exact) mass is 678 g/mol. The lowest BCUT2D eigenvalue weighted by atomic mass is 10.1. The number of nitrogens with two attached hydrogens (primary N) is 1. The molecule has 0 spiro atoms. The maximum Gasteiger partial charge on any atom is 0.274 e. The number of nitrogens with zero attached hydrogens (tertiary/aromatic N) is 4. The van der Waals surface area contributed by atoms with Crippen LogP contribution in [0.3, 0.4) is 0 Å². The molecule has 2 saturated carbocycles. The van der Waals surface area contributed by atoms with E-state index >= 15 is 0 Å². The number of thiazole rings is 2. The summed E-state index contributed by atoms with van der Waals surface area (Å²) in [5, 5.41) is 6.90. The molecule has 2 aliphatic carbocycles. The van der Waals surface area contributed by atoms with Gasteiger partial charge in [-0.1, -0.05) is 46.9 Å². The van der Waals surface area contributed by atoms with Crippen molar-refractivity contribution in [1.82, 2.24) is 25.4 Å². The molecule has 0 saturated heterocycles. The van der Waals surface area contributed by atoms with Crippen LogP contribution in [0, 0.1) is 11.8 Å². The van der Waals surface area contributed by atoms with Crippen LogP contribution < -0.4 is 21.8 Å². The summed E-state index contributed by atoms with van der Waals surface area (Å²) in [6, 6.07) is 22.3. The highest BCUT2D eigenvalue weighted by atomic mass is 32.1. The number of amides is 3. The summed E-state index contributed by atoms with van der Waals surface area (Å²) in [6.07, 6.45) is 3.86. The molecular formula is C34H30N8O4S2. The van der Waals surface area contributed by atoms with Crippen molar-refractivity contribution in [3.8, 4) is 22.5 Å². The molecule has 0 atom stereocenters. The van der Waals surface area contributed by atoms with Crippen molar-refractivity contribution in [1.29, 1.82) is 0 Å².